The molecule has 2 rings (SSSR count). The maximum absolute atomic E-state index is 11.1. The van der Waals surface area contributed by atoms with Crippen molar-refractivity contribution in [3.05, 3.63) is 28.6 Å². The van der Waals surface area contributed by atoms with E-state index in [0.29, 0.717) is 11.7 Å². The van der Waals surface area contributed by atoms with E-state index in [4.69, 9.17) is 0 Å². The number of anilines is 1. The van der Waals surface area contributed by atoms with Crippen LogP contribution in [-0.4, -0.2) is 36.1 Å². The second kappa shape index (κ2) is 5.77. The first-order chi connectivity index (χ1) is 8.74. The number of aromatic nitrogens is 1. The van der Waals surface area contributed by atoms with E-state index in [1.54, 1.807) is 12.3 Å². The SMILES string of the molecule is CNCC1CCCCN1c1ccncc1[N+](=O)[O-]. The molecule has 18 heavy (non-hydrogen) atoms. The van der Waals surface area contributed by atoms with E-state index < -0.39 is 0 Å². The van der Waals surface area contributed by atoms with Gasteiger partial charge in [-0.3, -0.25) is 15.1 Å². The zero-order valence-electron chi connectivity index (χ0n) is 10.5. The highest BCUT2D eigenvalue weighted by atomic mass is 16.6. The predicted molar refractivity (Wildman–Crippen MR) is 69.8 cm³/mol. The third-order valence-electron chi connectivity index (χ3n) is 3.35. The van der Waals surface area contributed by atoms with Gasteiger partial charge in [0.2, 0.25) is 0 Å². The van der Waals surface area contributed by atoms with Gasteiger partial charge in [-0.05, 0) is 32.4 Å². The Morgan fingerprint density at radius 2 is 2.44 bits per heavy atom. The Kier molecular flexibility index (Phi) is 4.09. The van der Waals surface area contributed by atoms with Crippen molar-refractivity contribution >= 4 is 11.4 Å². The molecule has 1 saturated heterocycles. The van der Waals surface area contributed by atoms with Crippen molar-refractivity contribution in [1.82, 2.24) is 10.3 Å². The van der Waals surface area contributed by atoms with E-state index >= 15 is 0 Å². The number of nitrogens with zero attached hydrogens (tertiary/aromatic N) is 3. The molecule has 1 aliphatic rings. The van der Waals surface area contributed by atoms with Crippen LogP contribution in [0.5, 0.6) is 0 Å². The van der Waals surface area contributed by atoms with Gasteiger partial charge in [-0.1, -0.05) is 0 Å². The fourth-order valence-corrected chi connectivity index (χ4v) is 2.53. The Morgan fingerprint density at radius 1 is 1.61 bits per heavy atom. The Labute approximate surface area is 106 Å². The van der Waals surface area contributed by atoms with Crippen LogP contribution in [0.2, 0.25) is 0 Å². The summed E-state index contributed by atoms with van der Waals surface area (Å²) in [5, 5.41) is 14.2. The smallest absolute Gasteiger partial charge is 0.310 e. The zero-order valence-corrected chi connectivity index (χ0v) is 10.5. The summed E-state index contributed by atoms with van der Waals surface area (Å²) in [6.07, 6.45) is 6.29. The van der Waals surface area contributed by atoms with Gasteiger partial charge in [-0.2, -0.15) is 0 Å². The Hall–Kier alpha value is -1.69. The lowest BCUT2D eigenvalue weighted by Crippen LogP contribution is -2.45. The molecule has 0 saturated carbocycles. The molecule has 0 aliphatic carbocycles. The van der Waals surface area contributed by atoms with E-state index in [0.717, 1.165) is 25.9 Å². The van der Waals surface area contributed by atoms with Crippen molar-refractivity contribution < 1.29 is 4.92 Å². The molecule has 0 bridgehead atoms. The van der Waals surface area contributed by atoms with E-state index in [1.165, 1.54) is 12.6 Å². The van der Waals surface area contributed by atoms with E-state index in [2.05, 4.69) is 15.2 Å². The Balaban J connectivity index is 2.30. The van der Waals surface area contributed by atoms with Gasteiger partial charge in [0, 0.05) is 25.3 Å². The average Bonchev–Trinajstić information content (AvgIpc) is 2.40. The lowest BCUT2D eigenvalue weighted by atomic mass is 10.0. The summed E-state index contributed by atoms with van der Waals surface area (Å²) in [6, 6.07) is 2.07. The molecule has 98 valence electrons. The topological polar surface area (TPSA) is 71.3 Å². The largest absolute Gasteiger partial charge is 0.362 e. The van der Waals surface area contributed by atoms with Crippen molar-refractivity contribution in [3.8, 4) is 0 Å². The molecule has 1 fully saturated rings. The van der Waals surface area contributed by atoms with Crippen molar-refractivity contribution in [2.75, 3.05) is 25.0 Å². The number of hydrogen-bond acceptors (Lipinski definition) is 5. The second-order valence-corrected chi connectivity index (χ2v) is 4.52. The maximum Gasteiger partial charge on any atom is 0.310 e. The fourth-order valence-electron chi connectivity index (χ4n) is 2.53. The summed E-state index contributed by atoms with van der Waals surface area (Å²) in [5.41, 5.74) is 0.787. The standard InChI is InChI=1S/C12H18N4O2/c1-13-8-10-4-2-3-7-15(10)11-5-6-14-9-12(11)16(17)18/h5-6,9-10,13H,2-4,7-8H2,1H3. The molecule has 2 heterocycles. The van der Waals surface area contributed by atoms with Crippen LogP contribution in [0.4, 0.5) is 11.4 Å². The molecule has 1 aliphatic heterocycles. The second-order valence-electron chi connectivity index (χ2n) is 4.52. The molecule has 1 N–H and O–H groups in total. The third kappa shape index (κ3) is 2.59. The van der Waals surface area contributed by atoms with E-state index in [9.17, 15) is 10.1 Å². The van der Waals surface area contributed by atoms with Crippen LogP contribution in [0.25, 0.3) is 0 Å². The molecule has 0 amide bonds. The number of piperidine rings is 1. The first kappa shape index (κ1) is 12.8. The number of nitrogens with one attached hydrogen (secondary N) is 1. The molecular weight excluding hydrogens is 232 g/mol. The van der Waals surface area contributed by atoms with Gasteiger partial charge in [-0.15, -0.1) is 0 Å². The highest BCUT2D eigenvalue weighted by Gasteiger charge is 2.27. The number of likely N-dealkylation sites (N-methyl/N-ethyl adjacent to an activating group) is 1. The lowest BCUT2D eigenvalue weighted by Gasteiger charge is -2.37. The summed E-state index contributed by atoms with van der Waals surface area (Å²) in [7, 11) is 1.91. The fraction of sp³-hybridized carbons (Fsp3) is 0.583. The predicted octanol–water partition coefficient (Wildman–Crippen LogP) is 1.57. The number of hydrogen-bond donors (Lipinski definition) is 1. The molecule has 1 atom stereocenters. The average molecular weight is 250 g/mol. The van der Waals surface area contributed by atoms with Crippen molar-refractivity contribution in [1.29, 1.82) is 0 Å². The van der Waals surface area contributed by atoms with Crippen molar-refractivity contribution in [2.45, 2.75) is 25.3 Å². The summed E-state index contributed by atoms with van der Waals surface area (Å²) >= 11 is 0. The van der Waals surface area contributed by atoms with Crippen molar-refractivity contribution in [2.24, 2.45) is 0 Å². The van der Waals surface area contributed by atoms with Gasteiger partial charge in [0.05, 0.1) is 4.92 Å². The van der Waals surface area contributed by atoms with Gasteiger partial charge in [0.25, 0.3) is 0 Å². The van der Waals surface area contributed by atoms with Gasteiger partial charge in [-0.25, -0.2) is 0 Å². The van der Waals surface area contributed by atoms with Gasteiger partial charge < -0.3 is 10.2 Å². The van der Waals surface area contributed by atoms with Crippen LogP contribution in [0, 0.1) is 10.1 Å². The minimum atomic E-state index is -0.354. The third-order valence-corrected chi connectivity index (χ3v) is 3.35. The molecular formula is C12H18N4O2. The maximum atomic E-state index is 11.1. The quantitative estimate of drug-likeness (QED) is 0.648. The van der Waals surface area contributed by atoms with Crippen LogP contribution in [0.1, 0.15) is 19.3 Å². The zero-order chi connectivity index (χ0) is 13.0. The lowest BCUT2D eigenvalue weighted by molar-refractivity contribution is -0.384. The van der Waals surface area contributed by atoms with Gasteiger partial charge in [0.1, 0.15) is 11.9 Å². The summed E-state index contributed by atoms with van der Waals surface area (Å²) in [4.78, 5) is 16.7. The summed E-state index contributed by atoms with van der Waals surface area (Å²) in [5.74, 6) is 0. The molecule has 0 aromatic carbocycles. The molecule has 0 spiro atoms. The number of pyridine rings is 1. The first-order valence-electron chi connectivity index (χ1n) is 6.23. The highest BCUT2D eigenvalue weighted by molar-refractivity contribution is 5.62. The van der Waals surface area contributed by atoms with E-state index in [1.807, 2.05) is 7.05 Å². The normalized spacial score (nSPS) is 19.8. The molecule has 0 radical (unpaired) electrons. The molecule has 1 unspecified atom stereocenters. The van der Waals surface area contributed by atoms with Gasteiger partial charge in [0.15, 0.2) is 0 Å². The molecule has 1 aromatic heterocycles. The van der Waals surface area contributed by atoms with Crippen LogP contribution >= 0.6 is 0 Å². The molecule has 6 heteroatoms. The molecule has 6 nitrogen and oxygen atoms in total. The number of nitro groups is 1. The van der Waals surface area contributed by atoms with Crippen LogP contribution in [0.15, 0.2) is 18.5 Å². The van der Waals surface area contributed by atoms with Crippen LogP contribution in [-0.2, 0) is 0 Å². The minimum absolute atomic E-state index is 0.0977. The Bertz CT molecular complexity index is 422. The first-order valence-corrected chi connectivity index (χ1v) is 6.23. The molecule has 1 aromatic rings. The number of rotatable bonds is 4. The minimum Gasteiger partial charge on any atom is -0.362 e. The Morgan fingerprint density at radius 3 is 3.17 bits per heavy atom. The van der Waals surface area contributed by atoms with Crippen LogP contribution in [0.3, 0.4) is 0 Å². The van der Waals surface area contributed by atoms with E-state index in [-0.39, 0.29) is 10.6 Å². The van der Waals surface area contributed by atoms with Gasteiger partial charge >= 0.3 is 5.69 Å². The van der Waals surface area contributed by atoms with Crippen molar-refractivity contribution in [3.63, 3.8) is 0 Å². The highest BCUT2D eigenvalue weighted by Crippen LogP contribution is 2.31. The summed E-state index contributed by atoms with van der Waals surface area (Å²) < 4.78 is 0. The van der Waals surface area contributed by atoms with Crippen LogP contribution < -0.4 is 10.2 Å². The monoisotopic (exact) mass is 250 g/mol. The summed E-state index contributed by atoms with van der Waals surface area (Å²) in [6.45, 7) is 1.72.